The van der Waals surface area contributed by atoms with Crippen LogP contribution in [0.25, 0.3) is 11.1 Å². The van der Waals surface area contributed by atoms with E-state index in [0.29, 0.717) is 0 Å². The van der Waals surface area contributed by atoms with E-state index >= 15 is 0 Å². The van der Waals surface area contributed by atoms with Crippen LogP contribution in [0.15, 0.2) is 72.9 Å². The molecule has 0 radical (unpaired) electrons. The van der Waals surface area contributed by atoms with Crippen molar-refractivity contribution < 1.29 is 0 Å². The largest absolute Gasteiger partial charge is 0.315 e. The highest BCUT2D eigenvalue weighted by Crippen LogP contribution is 2.30. The lowest BCUT2D eigenvalue weighted by atomic mass is 9.97. The quantitative estimate of drug-likeness (QED) is 0.705. The number of aryl methyl sites for hydroxylation is 1. The van der Waals surface area contributed by atoms with Gasteiger partial charge in [0.05, 0.1) is 11.7 Å². The lowest BCUT2D eigenvalue weighted by Gasteiger charge is -2.30. The van der Waals surface area contributed by atoms with E-state index in [4.69, 9.17) is 4.98 Å². The van der Waals surface area contributed by atoms with Gasteiger partial charge in [-0.1, -0.05) is 67.6 Å². The fourth-order valence-electron chi connectivity index (χ4n) is 3.99. The maximum atomic E-state index is 4.85. The summed E-state index contributed by atoms with van der Waals surface area (Å²) in [4.78, 5) is 7.43. The fourth-order valence-corrected chi connectivity index (χ4v) is 3.99. The topological polar surface area (TPSA) is 28.2 Å². The summed E-state index contributed by atoms with van der Waals surface area (Å²) in [5.41, 5.74) is 6.27. The van der Waals surface area contributed by atoms with E-state index < -0.39 is 0 Å². The summed E-state index contributed by atoms with van der Waals surface area (Å²) >= 11 is 0. The standard InChI is InChI=1S/C25H29N3/c1-2-20-9-14-24(27-19-20)25(28-17-6-15-26-16-18-28)23-12-10-22(11-13-23)21-7-4-3-5-8-21/h3-5,7-14,19,25-26H,2,6,15-18H2,1H3. The van der Waals surface area contributed by atoms with E-state index in [9.17, 15) is 0 Å². The van der Waals surface area contributed by atoms with E-state index in [2.05, 4.69) is 83.9 Å². The van der Waals surface area contributed by atoms with E-state index in [0.717, 1.165) is 38.3 Å². The van der Waals surface area contributed by atoms with Gasteiger partial charge in [0, 0.05) is 25.8 Å². The zero-order valence-electron chi connectivity index (χ0n) is 16.6. The van der Waals surface area contributed by atoms with Crippen LogP contribution in [0.1, 0.15) is 36.2 Å². The summed E-state index contributed by atoms with van der Waals surface area (Å²) in [6.07, 6.45) is 4.24. The van der Waals surface area contributed by atoms with Crippen molar-refractivity contribution >= 4 is 0 Å². The van der Waals surface area contributed by atoms with E-state index in [1.165, 1.54) is 28.7 Å². The molecule has 1 aromatic heterocycles. The van der Waals surface area contributed by atoms with Crippen molar-refractivity contribution in [3.8, 4) is 11.1 Å². The maximum Gasteiger partial charge on any atom is 0.0776 e. The molecule has 0 spiro atoms. The van der Waals surface area contributed by atoms with Gasteiger partial charge in [0.25, 0.3) is 0 Å². The van der Waals surface area contributed by atoms with Gasteiger partial charge in [0.2, 0.25) is 0 Å². The van der Waals surface area contributed by atoms with E-state index in [1.807, 2.05) is 6.20 Å². The molecule has 144 valence electrons. The molecule has 3 aromatic rings. The van der Waals surface area contributed by atoms with Crippen LogP contribution in [0.4, 0.5) is 0 Å². The molecule has 1 aliphatic heterocycles. The number of nitrogens with one attached hydrogen (secondary N) is 1. The van der Waals surface area contributed by atoms with Gasteiger partial charge >= 0.3 is 0 Å². The zero-order valence-corrected chi connectivity index (χ0v) is 16.6. The van der Waals surface area contributed by atoms with Crippen LogP contribution in [-0.4, -0.2) is 36.1 Å². The molecule has 3 nitrogen and oxygen atoms in total. The average Bonchev–Trinajstić information content (AvgIpc) is 3.05. The average molecular weight is 372 g/mol. The second kappa shape index (κ2) is 9.13. The van der Waals surface area contributed by atoms with Gasteiger partial charge in [-0.05, 0) is 47.7 Å². The molecule has 0 amide bonds. The Hall–Kier alpha value is -2.49. The van der Waals surface area contributed by atoms with Gasteiger partial charge in [-0.3, -0.25) is 9.88 Å². The third-order valence-corrected chi connectivity index (χ3v) is 5.61. The number of rotatable bonds is 5. The van der Waals surface area contributed by atoms with Crippen molar-refractivity contribution in [1.29, 1.82) is 0 Å². The normalized spacial score (nSPS) is 16.5. The maximum absolute atomic E-state index is 4.85. The molecular weight excluding hydrogens is 342 g/mol. The fraction of sp³-hybridized carbons (Fsp3) is 0.320. The van der Waals surface area contributed by atoms with Crippen LogP contribution in [-0.2, 0) is 6.42 Å². The van der Waals surface area contributed by atoms with Crippen LogP contribution in [0.2, 0.25) is 0 Å². The molecule has 1 N–H and O–H groups in total. The number of nitrogens with zero attached hydrogens (tertiary/aromatic N) is 2. The second-order valence-electron chi connectivity index (χ2n) is 7.47. The van der Waals surface area contributed by atoms with Gasteiger partial charge in [-0.2, -0.15) is 0 Å². The van der Waals surface area contributed by atoms with Gasteiger partial charge in [-0.25, -0.2) is 0 Å². The van der Waals surface area contributed by atoms with Crippen LogP contribution in [0.3, 0.4) is 0 Å². The first-order valence-corrected chi connectivity index (χ1v) is 10.4. The summed E-state index contributed by atoms with van der Waals surface area (Å²) in [5, 5.41) is 3.52. The smallest absolute Gasteiger partial charge is 0.0776 e. The summed E-state index contributed by atoms with van der Waals surface area (Å²) in [6.45, 7) is 6.44. The van der Waals surface area contributed by atoms with Gasteiger partial charge < -0.3 is 5.32 Å². The molecule has 1 atom stereocenters. The molecular formula is C25H29N3. The number of hydrogen-bond acceptors (Lipinski definition) is 3. The van der Waals surface area contributed by atoms with Crippen LogP contribution in [0.5, 0.6) is 0 Å². The highest BCUT2D eigenvalue weighted by molar-refractivity contribution is 5.63. The Kier molecular flexibility index (Phi) is 6.15. The SMILES string of the molecule is CCc1ccc(C(c2ccc(-c3ccccc3)cc2)N2CCCNCC2)nc1. The molecule has 2 heterocycles. The summed E-state index contributed by atoms with van der Waals surface area (Å²) in [5.74, 6) is 0. The van der Waals surface area contributed by atoms with Crippen molar-refractivity contribution in [3.05, 3.63) is 89.7 Å². The first-order chi connectivity index (χ1) is 13.8. The Morgan fingerprint density at radius 3 is 2.39 bits per heavy atom. The van der Waals surface area contributed by atoms with Crippen molar-refractivity contribution in [3.63, 3.8) is 0 Å². The van der Waals surface area contributed by atoms with Crippen molar-refractivity contribution in [2.75, 3.05) is 26.2 Å². The molecule has 0 saturated carbocycles. The molecule has 0 aliphatic carbocycles. The molecule has 0 bridgehead atoms. The molecule has 3 heteroatoms. The molecule has 4 rings (SSSR count). The zero-order chi connectivity index (χ0) is 19.2. The molecule has 1 unspecified atom stereocenters. The summed E-state index contributed by atoms with van der Waals surface area (Å²) in [6, 6.07) is 24.3. The number of benzene rings is 2. The highest BCUT2D eigenvalue weighted by Gasteiger charge is 2.24. The van der Waals surface area contributed by atoms with E-state index in [1.54, 1.807) is 0 Å². The third kappa shape index (κ3) is 4.32. The monoisotopic (exact) mass is 371 g/mol. The lowest BCUT2D eigenvalue weighted by Crippen LogP contribution is -2.33. The minimum absolute atomic E-state index is 0.204. The number of pyridine rings is 1. The Labute approximate surface area is 168 Å². The lowest BCUT2D eigenvalue weighted by molar-refractivity contribution is 0.237. The van der Waals surface area contributed by atoms with Crippen LogP contribution >= 0.6 is 0 Å². The molecule has 1 fully saturated rings. The predicted molar refractivity (Wildman–Crippen MR) is 116 cm³/mol. The molecule has 1 aliphatic rings. The number of hydrogen-bond donors (Lipinski definition) is 1. The predicted octanol–water partition coefficient (Wildman–Crippen LogP) is 4.70. The molecule has 2 aromatic carbocycles. The van der Waals surface area contributed by atoms with Crippen molar-refractivity contribution in [2.24, 2.45) is 0 Å². The van der Waals surface area contributed by atoms with Gasteiger partial charge in [-0.15, -0.1) is 0 Å². The summed E-state index contributed by atoms with van der Waals surface area (Å²) < 4.78 is 0. The van der Waals surface area contributed by atoms with E-state index in [-0.39, 0.29) is 6.04 Å². The Bertz CT molecular complexity index is 849. The second-order valence-corrected chi connectivity index (χ2v) is 7.47. The Morgan fingerprint density at radius 1 is 0.893 bits per heavy atom. The molecule has 1 saturated heterocycles. The Balaban J connectivity index is 1.67. The van der Waals surface area contributed by atoms with Crippen molar-refractivity contribution in [2.45, 2.75) is 25.8 Å². The van der Waals surface area contributed by atoms with Gasteiger partial charge in [0.15, 0.2) is 0 Å². The van der Waals surface area contributed by atoms with Crippen molar-refractivity contribution in [1.82, 2.24) is 15.2 Å². The summed E-state index contributed by atoms with van der Waals surface area (Å²) in [7, 11) is 0. The first-order valence-electron chi connectivity index (χ1n) is 10.4. The Morgan fingerprint density at radius 2 is 1.68 bits per heavy atom. The minimum atomic E-state index is 0.204. The van der Waals surface area contributed by atoms with Crippen LogP contribution in [0, 0.1) is 0 Å². The minimum Gasteiger partial charge on any atom is -0.315 e. The van der Waals surface area contributed by atoms with Crippen LogP contribution < -0.4 is 5.32 Å². The number of aromatic nitrogens is 1. The van der Waals surface area contributed by atoms with Gasteiger partial charge in [0.1, 0.15) is 0 Å². The first kappa shape index (κ1) is 18.9. The molecule has 28 heavy (non-hydrogen) atoms. The third-order valence-electron chi connectivity index (χ3n) is 5.61. The highest BCUT2D eigenvalue weighted by atomic mass is 15.2.